The molecule has 1 atom stereocenters. The van der Waals surface area contributed by atoms with Crippen LogP contribution in [0.1, 0.15) is 37.6 Å². The minimum atomic E-state index is 0.538. The highest BCUT2D eigenvalue weighted by Gasteiger charge is 2.09. The molecule has 14 heavy (non-hydrogen) atoms. The summed E-state index contributed by atoms with van der Waals surface area (Å²) in [4.78, 5) is 1.45. The molecule has 1 aromatic rings. The predicted molar refractivity (Wildman–Crippen MR) is 64.8 cm³/mol. The topological polar surface area (TPSA) is 12.0 Å². The lowest BCUT2D eigenvalue weighted by molar-refractivity contribution is 0.528. The van der Waals surface area contributed by atoms with Crippen LogP contribution < -0.4 is 5.32 Å². The molecule has 0 radical (unpaired) electrons. The first-order valence-corrected chi connectivity index (χ1v) is 6.14. The van der Waals surface area contributed by atoms with Crippen LogP contribution in [0.5, 0.6) is 0 Å². The van der Waals surface area contributed by atoms with Crippen molar-refractivity contribution < 1.29 is 0 Å². The lowest BCUT2D eigenvalue weighted by atomic mass is 10.1. The van der Waals surface area contributed by atoms with E-state index in [0.717, 1.165) is 6.54 Å². The summed E-state index contributed by atoms with van der Waals surface area (Å²) in [6.45, 7) is 5.26. The van der Waals surface area contributed by atoms with Crippen LogP contribution in [-0.2, 0) is 0 Å². The van der Waals surface area contributed by atoms with E-state index in [0.29, 0.717) is 6.04 Å². The molecule has 0 saturated carbocycles. The molecule has 0 fully saturated rings. The van der Waals surface area contributed by atoms with Gasteiger partial charge in [-0.05, 0) is 24.8 Å². The summed E-state index contributed by atoms with van der Waals surface area (Å²) in [7, 11) is 0. The van der Waals surface area contributed by atoms with Crippen molar-refractivity contribution in [1.82, 2.24) is 5.32 Å². The van der Waals surface area contributed by atoms with Crippen LogP contribution in [0.25, 0.3) is 0 Å². The lowest BCUT2D eigenvalue weighted by Crippen LogP contribution is -2.20. The zero-order valence-corrected chi connectivity index (χ0v) is 9.81. The molecular weight excluding hydrogens is 190 g/mol. The Labute approximate surface area is 90.9 Å². The van der Waals surface area contributed by atoms with Gasteiger partial charge in [0.25, 0.3) is 0 Å². The van der Waals surface area contributed by atoms with E-state index in [1.165, 1.54) is 17.7 Å². The number of rotatable bonds is 6. The maximum absolute atomic E-state index is 3.55. The second kappa shape index (κ2) is 6.80. The summed E-state index contributed by atoms with van der Waals surface area (Å²) in [5, 5.41) is 5.70. The average Bonchev–Trinajstić information content (AvgIpc) is 2.70. The first-order valence-electron chi connectivity index (χ1n) is 5.26. The van der Waals surface area contributed by atoms with Crippen LogP contribution >= 0.6 is 11.3 Å². The molecule has 2 heteroatoms. The van der Waals surface area contributed by atoms with E-state index in [1.54, 1.807) is 0 Å². The first-order chi connectivity index (χ1) is 6.88. The van der Waals surface area contributed by atoms with E-state index in [4.69, 9.17) is 0 Å². The quantitative estimate of drug-likeness (QED) is 0.703. The second-order valence-electron chi connectivity index (χ2n) is 3.33. The van der Waals surface area contributed by atoms with Crippen LogP contribution in [0, 0.1) is 0 Å². The summed E-state index contributed by atoms with van der Waals surface area (Å²) in [6, 6.07) is 4.88. The Hall–Kier alpha value is -0.600. The Balaban J connectivity index is 2.47. The smallest absolute Gasteiger partial charge is 0.0417 e. The second-order valence-corrected chi connectivity index (χ2v) is 4.31. The van der Waals surface area contributed by atoms with Crippen LogP contribution in [0.15, 0.2) is 29.7 Å². The van der Waals surface area contributed by atoms with Crippen molar-refractivity contribution in [2.45, 2.75) is 32.7 Å². The van der Waals surface area contributed by atoms with E-state index in [2.05, 4.69) is 48.8 Å². The molecular formula is C12H19NS. The molecule has 0 aliphatic heterocycles. The SMILES string of the molecule is C/C=C/CNC(CCC)c1cccs1. The molecule has 78 valence electrons. The highest BCUT2D eigenvalue weighted by atomic mass is 32.1. The Bertz CT molecular complexity index is 251. The van der Waals surface area contributed by atoms with Gasteiger partial charge in [-0.2, -0.15) is 0 Å². The minimum absolute atomic E-state index is 0.538. The fourth-order valence-corrected chi connectivity index (χ4v) is 2.29. The molecule has 1 nitrogen and oxygen atoms in total. The molecule has 1 rings (SSSR count). The third kappa shape index (κ3) is 3.64. The van der Waals surface area contributed by atoms with E-state index < -0.39 is 0 Å². The van der Waals surface area contributed by atoms with Crippen LogP contribution in [0.4, 0.5) is 0 Å². The van der Waals surface area contributed by atoms with Crippen molar-refractivity contribution in [3.63, 3.8) is 0 Å². The Morgan fingerprint density at radius 1 is 1.57 bits per heavy atom. The summed E-state index contributed by atoms with van der Waals surface area (Å²) >= 11 is 1.84. The molecule has 0 spiro atoms. The van der Waals surface area contributed by atoms with Gasteiger partial charge >= 0.3 is 0 Å². The van der Waals surface area contributed by atoms with Gasteiger partial charge in [0.15, 0.2) is 0 Å². The average molecular weight is 209 g/mol. The highest BCUT2D eigenvalue weighted by Crippen LogP contribution is 2.22. The zero-order valence-electron chi connectivity index (χ0n) is 8.99. The molecule has 0 aliphatic rings. The van der Waals surface area contributed by atoms with Gasteiger partial charge in [0.2, 0.25) is 0 Å². The summed E-state index contributed by atoms with van der Waals surface area (Å²) in [5.41, 5.74) is 0. The van der Waals surface area contributed by atoms with Crippen LogP contribution in [-0.4, -0.2) is 6.54 Å². The van der Waals surface area contributed by atoms with Gasteiger partial charge in [0, 0.05) is 17.5 Å². The summed E-state index contributed by atoms with van der Waals surface area (Å²) in [6.07, 6.45) is 6.70. The van der Waals surface area contributed by atoms with E-state index in [-0.39, 0.29) is 0 Å². The number of hydrogen-bond donors (Lipinski definition) is 1. The number of allylic oxidation sites excluding steroid dienone is 1. The molecule has 1 N–H and O–H groups in total. The molecule has 0 bridgehead atoms. The maximum atomic E-state index is 3.55. The Kier molecular flexibility index (Phi) is 5.57. The fourth-order valence-electron chi connectivity index (χ4n) is 1.45. The molecule has 1 heterocycles. The van der Waals surface area contributed by atoms with E-state index in [9.17, 15) is 0 Å². The largest absolute Gasteiger partial charge is 0.306 e. The Morgan fingerprint density at radius 3 is 3.00 bits per heavy atom. The van der Waals surface area contributed by atoms with Crippen molar-refractivity contribution in [1.29, 1.82) is 0 Å². The van der Waals surface area contributed by atoms with Crippen molar-refractivity contribution >= 4 is 11.3 Å². The van der Waals surface area contributed by atoms with Gasteiger partial charge < -0.3 is 5.32 Å². The van der Waals surface area contributed by atoms with Gasteiger partial charge in [-0.25, -0.2) is 0 Å². The third-order valence-electron chi connectivity index (χ3n) is 2.18. The fraction of sp³-hybridized carbons (Fsp3) is 0.500. The third-order valence-corrected chi connectivity index (χ3v) is 3.17. The van der Waals surface area contributed by atoms with Crippen molar-refractivity contribution in [2.24, 2.45) is 0 Å². The molecule has 0 aliphatic carbocycles. The number of nitrogens with one attached hydrogen (secondary N) is 1. The number of hydrogen-bond acceptors (Lipinski definition) is 2. The number of thiophene rings is 1. The van der Waals surface area contributed by atoms with Gasteiger partial charge in [-0.1, -0.05) is 31.6 Å². The van der Waals surface area contributed by atoms with Crippen molar-refractivity contribution in [3.05, 3.63) is 34.5 Å². The van der Waals surface area contributed by atoms with E-state index in [1.807, 2.05) is 11.3 Å². The molecule has 0 saturated heterocycles. The van der Waals surface area contributed by atoms with Gasteiger partial charge in [0.1, 0.15) is 0 Å². The first kappa shape index (κ1) is 11.5. The van der Waals surface area contributed by atoms with Gasteiger partial charge in [0.05, 0.1) is 0 Å². The normalized spacial score (nSPS) is 13.6. The molecule has 1 aromatic heterocycles. The van der Waals surface area contributed by atoms with Gasteiger partial charge in [-0.3, -0.25) is 0 Å². The minimum Gasteiger partial charge on any atom is -0.306 e. The highest BCUT2D eigenvalue weighted by molar-refractivity contribution is 7.10. The van der Waals surface area contributed by atoms with E-state index >= 15 is 0 Å². The predicted octanol–water partition coefficient (Wildman–Crippen LogP) is 3.76. The molecule has 0 amide bonds. The lowest BCUT2D eigenvalue weighted by Gasteiger charge is -2.15. The van der Waals surface area contributed by atoms with Crippen LogP contribution in [0.3, 0.4) is 0 Å². The standard InChI is InChI=1S/C12H19NS/c1-3-5-9-13-11(7-4-2)12-8-6-10-14-12/h3,5-6,8,10-11,13H,4,7,9H2,1-2H3/b5-3+. The summed E-state index contributed by atoms with van der Waals surface area (Å²) in [5.74, 6) is 0. The summed E-state index contributed by atoms with van der Waals surface area (Å²) < 4.78 is 0. The van der Waals surface area contributed by atoms with Crippen LogP contribution in [0.2, 0.25) is 0 Å². The van der Waals surface area contributed by atoms with Gasteiger partial charge in [-0.15, -0.1) is 11.3 Å². The molecule has 1 unspecified atom stereocenters. The Morgan fingerprint density at radius 2 is 2.43 bits per heavy atom. The molecule has 0 aromatic carbocycles. The monoisotopic (exact) mass is 209 g/mol. The zero-order chi connectivity index (χ0) is 10.2. The maximum Gasteiger partial charge on any atom is 0.0417 e. The van der Waals surface area contributed by atoms with Crippen molar-refractivity contribution in [3.8, 4) is 0 Å². The van der Waals surface area contributed by atoms with Crippen molar-refractivity contribution in [2.75, 3.05) is 6.54 Å².